The first-order chi connectivity index (χ1) is 13.8. The second kappa shape index (κ2) is 6.79. The van der Waals surface area contributed by atoms with Crippen molar-refractivity contribution in [2.45, 2.75) is 32.7 Å². The van der Waals surface area contributed by atoms with Crippen LogP contribution in [0.3, 0.4) is 0 Å². The lowest BCUT2D eigenvalue weighted by Gasteiger charge is -2.50. The zero-order valence-corrected chi connectivity index (χ0v) is 17.3. The molecule has 2 aliphatic heterocycles. The van der Waals surface area contributed by atoms with Crippen molar-refractivity contribution in [3.63, 3.8) is 0 Å². The summed E-state index contributed by atoms with van der Waals surface area (Å²) in [5, 5.41) is 8.19. The minimum Gasteiger partial charge on any atom is -0.496 e. The van der Waals surface area contributed by atoms with Crippen molar-refractivity contribution < 1.29 is 14.3 Å². The molecular weight excluding hydrogens is 370 g/mol. The highest BCUT2D eigenvalue weighted by Gasteiger charge is 2.48. The van der Waals surface area contributed by atoms with E-state index in [0.717, 1.165) is 29.8 Å². The lowest BCUT2D eigenvalue weighted by Crippen LogP contribution is -2.60. The standard InChI is InChI=1S/C21H27N5O3/c1-12-5-6-14(9-16(12)29-4)18-17(19(22)28)20-23-8-7-21(3,26(20)24-18)15-10-25(11-15)13(2)27/h5-6,9,15,23H,7-8,10-11H2,1-4H3,(H2,22,28). The smallest absolute Gasteiger partial charge is 0.254 e. The number of primary amides is 1. The normalized spacial score (nSPS) is 21.2. The molecule has 1 unspecified atom stereocenters. The summed E-state index contributed by atoms with van der Waals surface area (Å²) >= 11 is 0. The van der Waals surface area contributed by atoms with E-state index in [1.165, 1.54) is 0 Å². The van der Waals surface area contributed by atoms with E-state index in [4.69, 9.17) is 15.6 Å². The largest absolute Gasteiger partial charge is 0.496 e. The molecule has 4 rings (SSSR count). The summed E-state index contributed by atoms with van der Waals surface area (Å²) in [7, 11) is 1.62. The summed E-state index contributed by atoms with van der Waals surface area (Å²) < 4.78 is 7.36. The molecule has 29 heavy (non-hydrogen) atoms. The molecule has 2 aromatic rings. The van der Waals surface area contributed by atoms with Crippen LogP contribution in [0.15, 0.2) is 18.2 Å². The van der Waals surface area contributed by atoms with E-state index in [-0.39, 0.29) is 17.4 Å². The van der Waals surface area contributed by atoms with Crippen molar-refractivity contribution >= 4 is 17.6 Å². The first-order valence-electron chi connectivity index (χ1n) is 9.84. The molecule has 0 radical (unpaired) electrons. The van der Waals surface area contributed by atoms with Gasteiger partial charge in [-0.2, -0.15) is 5.10 Å². The average Bonchev–Trinajstić information content (AvgIpc) is 3.02. The number of anilines is 1. The first kappa shape index (κ1) is 19.3. The summed E-state index contributed by atoms with van der Waals surface area (Å²) in [6, 6.07) is 5.76. The highest BCUT2D eigenvalue weighted by Crippen LogP contribution is 2.43. The molecule has 1 aromatic heterocycles. The Balaban J connectivity index is 1.81. The van der Waals surface area contributed by atoms with E-state index in [0.29, 0.717) is 30.2 Å². The molecule has 8 heteroatoms. The van der Waals surface area contributed by atoms with Crippen LogP contribution in [0, 0.1) is 12.8 Å². The molecule has 3 N–H and O–H groups in total. The molecular formula is C21H27N5O3. The molecule has 154 valence electrons. The molecule has 1 fully saturated rings. The zero-order chi connectivity index (χ0) is 20.9. The second-order valence-electron chi connectivity index (χ2n) is 8.19. The fourth-order valence-corrected chi connectivity index (χ4v) is 4.40. The maximum absolute atomic E-state index is 12.4. The molecule has 0 saturated carbocycles. The number of nitrogens with zero attached hydrogens (tertiary/aromatic N) is 3. The van der Waals surface area contributed by atoms with Gasteiger partial charge in [-0.1, -0.05) is 12.1 Å². The molecule has 3 heterocycles. The van der Waals surface area contributed by atoms with Crippen LogP contribution in [0.25, 0.3) is 11.3 Å². The summed E-state index contributed by atoms with van der Waals surface area (Å²) in [6.07, 6.45) is 0.854. The number of hydrogen-bond donors (Lipinski definition) is 2. The molecule has 1 saturated heterocycles. The summed E-state index contributed by atoms with van der Waals surface area (Å²) in [6.45, 7) is 7.82. The molecule has 1 atom stereocenters. The minimum atomic E-state index is -0.517. The number of benzene rings is 1. The van der Waals surface area contributed by atoms with Crippen LogP contribution < -0.4 is 15.8 Å². The topological polar surface area (TPSA) is 102 Å². The van der Waals surface area contributed by atoms with Crippen LogP contribution in [-0.4, -0.2) is 53.2 Å². The van der Waals surface area contributed by atoms with Gasteiger partial charge in [0.15, 0.2) is 0 Å². The maximum Gasteiger partial charge on any atom is 0.254 e. The number of aromatic nitrogens is 2. The molecule has 2 amide bonds. The Morgan fingerprint density at radius 1 is 1.34 bits per heavy atom. The first-order valence-corrected chi connectivity index (χ1v) is 9.84. The van der Waals surface area contributed by atoms with Crippen LogP contribution in [0.2, 0.25) is 0 Å². The Kier molecular flexibility index (Phi) is 4.52. The van der Waals surface area contributed by atoms with Crippen LogP contribution in [0.1, 0.15) is 36.2 Å². The van der Waals surface area contributed by atoms with E-state index in [2.05, 4.69) is 12.2 Å². The highest BCUT2D eigenvalue weighted by molar-refractivity contribution is 6.04. The molecule has 0 spiro atoms. The van der Waals surface area contributed by atoms with Crippen molar-refractivity contribution in [1.82, 2.24) is 14.7 Å². The molecule has 0 aliphatic carbocycles. The van der Waals surface area contributed by atoms with Crippen LogP contribution in [0.4, 0.5) is 5.82 Å². The van der Waals surface area contributed by atoms with E-state index >= 15 is 0 Å². The number of carbonyl (C=O) groups is 2. The van der Waals surface area contributed by atoms with Gasteiger partial charge in [-0.3, -0.25) is 9.59 Å². The quantitative estimate of drug-likeness (QED) is 0.821. The van der Waals surface area contributed by atoms with Crippen molar-refractivity contribution in [2.24, 2.45) is 11.7 Å². The Morgan fingerprint density at radius 3 is 2.69 bits per heavy atom. The van der Waals surface area contributed by atoms with Gasteiger partial charge < -0.3 is 20.7 Å². The minimum absolute atomic E-state index is 0.0877. The van der Waals surface area contributed by atoms with Crippen LogP contribution >= 0.6 is 0 Å². The van der Waals surface area contributed by atoms with Crippen molar-refractivity contribution in [1.29, 1.82) is 0 Å². The molecule has 1 aromatic carbocycles. The van der Waals surface area contributed by atoms with Gasteiger partial charge in [-0.25, -0.2) is 4.68 Å². The van der Waals surface area contributed by atoms with Gasteiger partial charge in [-0.15, -0.1) is 0 Å². The number of methoxy groups -OCH3 is 1. The Labute approximate surface area is 170 Å². The van der Waals surface area contributed by atoms with Crippen molar-refractivity contribution in [2.75, 3.05) is 32.1 Å². The van der Waals surface area contributed by atoms with E-state index in [9.17, 15) is 9.59 Å². The number of rotatable bonds is 4. The van der Waals surface area contributed by atoms with E-state index < -0.39 is 5.91 Å². The number of likely N-dealkylation sites (tertiary alicyclic amines) is 1. The third-order valence-corrected chi connectivity index (χ3v) is 6.43. The third kappa shape index (κ3) is 2.94. The lowest BCUT2D eigenvalue weighted by atomic mass is 9.77. The number of carbonyl (C=O) groups excluding carboxylic acids is 2. The van der Waals surface area contributed by atoms with Crippen molar-refractivity contribution in [3.05, 3.63) is 29.3 Å². The Morgan fingerprint density at radius 2 is 2.07 bits per heavy atom. The van der Waals surface area contributed by atoms with Gasteiger partial charge in [0.1, 0.15) is 22.8 Å². The molecule has 2 aliphatic rings. The van der Waals surface area contributed by atoms with Gasteiger partial charge in [0.25, 0.3) is 5.91 Å². The van der Waals surface area contributed by atoms with Gasteiger partial charge in [0.2, 0.25) is 5.91 Å². The Hall–Kier alpha value is -3.03. The van der Waals surface area contributed by atoms with Gasteiger partial charge >= 0.3 is 0 Å². The fourth-order valence-electron chi connectivity index (χ4n) is 4.40. The van der Waals surface area contributed by atoms with Crippen LogP contribution in [0.5, 0.6) is 5.75 Å². The number of nitrogens with one attached hydrogen (secondary N) is 1. The predicted molar refractivity (Wildman–Crippen MR) is 110 cm³/mol. The number of amides is 2. The number of fused-ring (bicyclic) bond motifs is 1. The van der Waals surface area contributed by atoms with Gasteiger partial charge in [0.05, 0.1) is 12.6 Å². The van der Waals surface area contributed by atoms with Crippen molar-refractivity contribution in [3.8, 4) is 17.0 Å². The number of ether oxygens (including phenoxy) is 1. The van der Waals surface area contributed by atoms with E-state index in [1.807, 2.05) is 34.7 Å². The summed E-state index contributed by atoms with van der Waals surface area (Å²) in [5.74, 6) is 1.23. The van der Waals surface area contributed by atoms with Crippen LogP contribution in [-0.2, 0) is 10.3 Å². The highest BCUT2D eigenvalue weighted by atomic mass is 16.5. The number of aryl methyl sites for hydroxylation is 1. The third-order valence-electron chi connectivity index (χ3n) is 6.43. The second-order valence-corrected chi connectivity index (χ2v) is 8.19. The SMILES string of the molecule is COc1cc(-c2nn3c(c2C(N)=O)NCCC3(C)C2CN(C(C)=O)C2)ccc1C. The van der Waals surface area contributed by atoms with Gasteiger partial charge in [-0.05, 0) is 31.9 Å². The predicted octanol–water partition coefficient (Wildman–Crippen LogP) is 1.98. The fraction of sp³-hybridized carbons (Fsp3) is 0.476. The average molecular weight is 397 g/mol. The monoisotopic (exact) mass is 397 g/mol. The zero-order valence-electron chi connectivity index (χ0n) is 17.3. The van der Waals surface area contributed by atoms with E-state index in [1.54, 1.807) is 14.0 Å². The summed E-state index contributed by atoms with van der Waals surface area (Å²) in [4.78, 5) is 25.9. The maximum atomic E-state index is 12.4. The number of nitrogens with two attached hydrogens (primary N) is 1. The Bertz CT molecular complexity index is 992. The summed E-state index contributed by atoms with van der Waals surface area (Å²) in [5.41, 5.74) is 8.20. The molecule has 0 bridgehead atoms. The molecule has 8 nitrogen and oxygen atoms in total. The lowest BCUT2D eigenvalue weighted by molar-refractivity contribution is -0.138. The number of hydrogen-bond acceptors (Lipinski definition) is 5. The van der Waals surface area contributed by atoms with Gasteiger partial charge in [0, 0.05) is 38.0 Å².